The molecule has 3 heteroatoms. The van der Waals surface area contributed by atoms with Crippen LogP contribution in [0.4, 0.5) is 0 Å². The van der Waals surface area contributed by atoms with Crippen molar-refractivity contribution in [2.24, 2.45) is 16.2 Å². The first-order valence-corrected chi connectivity index (χ1v) is 8.61. The lowest BCUT2D eigenvalue weighted by Gasteiger charge is -2.44. The van der Waals surface area contributed by atoms with E-state index in [9.17, 15) is 4.79 Å². The fraction of sp³-hybridized carbons (Fsp3) is 0.947. The van der Waals surface area contributed by atoms with E-state index in [2.05, 4.69) is 48.5 Å². The summed E-state index contributed by atoms with van der Waals surface area (Å²) in [6, 6.07) is 0. The normalized spacial score (nSPS) is 19.7. The summed E-state index contributed by atoms with van der Waals surface area (Å²) in [5.41, 5.74) is -0.400. The second-order valence-corrected chi connectivity index (χ2v) is 8.98. The van der Waals surface area contributed by atoms with E-state index in [1.165, 1.54) is 19.3 Å². The minimum Gasteiger partial charge on any atom is -0.462 e. The highest BCUT2D eigenvalue weighted by atomic mass is 16.5. The van der Waals surface area contributed by atoms with E-state index < -0.39 is 5.41 Å². The van der Waals surface area contributed by atoms with Crippen molar-refractivity contribution in [2.75, 3.05) is 7.11 Å². The molecule has 0 bridgehead atoms. The van der Waals surface area contributed by atoms with Gasteiger partial charge in [-0.3, -0.25) is 4.79 Å². The van der Waals surface area contributed by atoms with Crippen LogP contribution in [0.1, 0.15) is 87.0 Å². The number of aliphatic hydroxyl groups is 1. The molecule has 1 fully saturated rings. The Morgan fingerprint density at radius 3 is 1.77 bits per heavy atom. The SMILES string of the molecule is CC(C)(C)CC(C)(C(=O)OC1CCCCC1)C(C)(C)C.CO. The number of esters is 1. The lowest BCUT2D eigenvalue weighted by atomic mass is 9.61. The molecule has 3 nitrogen and oxygen atoms in total. The van der Waals surface area contributed by atoms with E-state index in [1.807, 2.05) is 0 Å². The zero-order chi connectivity index (χ0) is 17.6. The molecule has 0 amide bonds. The average Bonchev–Trinajstić information content (AvgIpc) is 2.39. The van der Waals surface area contributed by atoms with Crippen LogP contribution in [0.25, 0.3) is 0 Å². The molecule has 0 aromatic carbocycles. The van der Waals surface area contributed by atoms with E-state index in [0.717, 1.165) is 26.4 Å². The van der Waals surface area contributed by atoms with E-state index in [-0.39, 0.29) is 22.9 Å². The van der Waals surface area contributed by atoms with Crippen molar-refractivity contribution < 1.29 is 14.6 Å². The molecule has 1 aliphatic rings. The molecular weight excluding hydrogens is 276 g/mol. The summed E-state index contributed by atoms with van der Waals surface area (Å²) in [5, 5.41) is 7.00. The Morgan fingerprint density at radius 1 is 0.955 bits per heavy atom. The maximum absolute atomic E-state index is 12.8. The molecule has 0 aromatic rings. The molecule has 1 aliphatic carbocycles. The van der Waals surface area contributed by atoms with Crippen LogP contribution in [-0.2, 0) is 9.53 Å². The Bertz CT molecular complexity index is 330. The summed E-state index contributed by atoms with van der Waals surface area (Å²) in [7, 11) is 1.00. The third-order valence-corrected chi connectivity index (χ3v) is 4.82. The third-order valence-electron chi connectivity index (χ3n) is 4.82. The van der Waals surface area contributed by atoms with Crippen LogP contribution in [-0.4, -0.2) is 24.3 Å². The molecule has 1 atom stereocenters. The Balaban J connectivity index is 0.00000211. The fourth-order valence-electron chi connectivity index (χ4n) is 3.17. The first-order valence-electron chi connectivity index (χ1n) is 8.61. The van der Waals surface area contributed by atoms with Crippen LogP contribution in [0, 0.1) is 16.2 Å². The second kappa shape index (κ2) is 8.33. The highest BCUT2D eigenvalue weighted by molar-refractivity contribution is 5.77. The van der Waals surface area contributed by atoms with Gasteiger partial charge in [-0.2, -0.15) is 0 Å². The lowest BCUT2D eigenvalue weighted by molar-refractivity contribution is -0.172. The number of ether oxygens (including phenoxy) is 1. The van der Waals surface area contributed by atoms with E-state index in [0.29, 0.717) is 0 Å². The van der Waals surface area contributed by atoms with Crippen molar-refractivity contribution >= 4 is 5.97 Å². The fourth-order valence-corrected chi connectivity index (χ4v) is 3.17. The van der Waals surface area contributed by atoms with Gasteiger partial charge < -0.3 is 9.84 Å². The van der Waals surface area contributed by atoms with Crippen molar-refractivity contribution in [3.05, 3.63) is 0 Å². The van der Waals surface area contributed by atoms with Gasteiger partial charge in [-0.25, -0.2) is 0 Å². The Hall–Kier alpha value is -0.570. The molecule has 1 unspecified atom stereocenters. The van der Waals surface area contributed by atoms with Gasteiger partial charge in [-0.05, 0) is 49.9 Å². The number of carbonyl (C=O) groups excluding carboxylic acids is 1. The van der Waals surface area contributed by atoms with Crippen LogP contribution in [0.5, 0.6) is 0 Å². The van der Waals surface area contributed by atoms with Crippen molar-refractivity contribution in [2.45, 2.75) is 93.1 Å². The second-order valence-electron chi connectivity index (χ2n) is 8.98. The number of carbonyl (C=O) groups is 1. The molecule has 1 rings (SSSR count). The van der Waals surface area contributed by atoms with Crippen LogP contribution in [0.15, 0.2) is 0 Å². The van der Waals surface area contributed by atoms with Crippen molar-refractivity contribution in [1.82, 2.24) is 0 Å². The van der Waals surface area contributed by atoms with E-state index >= 15 is 0 Å². The van der Waals surface area contributed by atoms with E-state index in [4.69, 9.17) is 9.84 Å². The number of hydrogen-bond acceptors (Lipinski definition) is 3. The lowest BCUT2D eigenvalue weighted by Crippen LogP contribution is -2.45. The Kier molecular flexibility index (Phi) is 8.11. The van der Waals surface area contributed by atoms with Gasteiger partial charge in [0.15, 0.2) is 0 Å². The van der Waals surface area contributed by atoms with Gasteiger partial charge in [0.2, 0.25) is 0 Å². The molecule has 0 aliphatic heterocycles. The van der Waals surface area contributed by atoms with Gasteiger partial charge in [0, 0.05) is 7.11 Å². The van der Waals surface area contributed by atoms with Crippen molar-refractivity contribution in [3.63, 3.8) is 0 Å². The minimum atomic E-state index is -0.428. The molecule has 132 valence electrons. The van der Waals surface area contributed by atoms with Crippen molar-refractivity contribution in [1.29, 1.82) is 0 Å². The summed E-state index contributed by atoms with van der Waals surface area (Å²) >= 11 is 0. The third kappa shape index (κ3) is 6.28. The van der Waals surface area contributed by atoms with Gasteiger partial charge in [0.25, 0.3) is 0 Å². The maximum Gasteiger partial charge on any atom is 0.312 e. The Labute approximate surface area is 137 Å². The first kappa shape index (κ1) is 21.4. The minimum absolute atomic E-state index is 0.00632. The summed E-state index contributed by atoms with van der Waals surface area (Å²) < 4.78 is 5.89. The molecule has 22 heavy (non-hydrogen) atoms. The molecule has 0 aromatic heterocycles. The predicted molar refractivity (Wildman–Crippen MR) is 92.7 cm³/mol. The van der Waals surface area contributed by atoms with Gasteiger partial charge >= 0.3 is 5.97 Å². The van der Waals surface area contributed by atoms with Gasteiger partial charge in [-0.1, -0.05) is 48.0 Å². The van der Waals surface area contributed by atoms with Gasteiger partial charge in [-0.15, -0.1) is 0 Å². The molecule has 1 saturated carbocycles. The van der Waals surface area contributed by atoms with E-state index in [1.54, 1.807) is 0 Å². The number of rotatable bonds is 3. The Morgan fingerprint density at radius 2 is 1.41 bits per heavy atom. The van der Waals surface area contributed by atoms with Crippen LogP contribution in [0.2, 0.25) is 0 Å². The monoisotopic (exact) mass is 314 g/mol. The van der Waals surface area contributed by atoms with Crippen molar-refractivity contribution in [3.8, 4) is 0 Å². The summed E-state index contributed by atoms with van der Waals surface area (Å²) in [5.74, 6) is 0.00632. The maximum atomic E-state index is 12.8. The standard InChI is InChI=1S/C18H34O2.CH4O/c1-16(2,3)13-18(7,17(4,5)6)15(19)20-14-11-9-8-10-12-14;1-2/h14H,8-13H2,1-7H3;2H,1H3. The van der Waals surface area contributed by atoms with Crippen LogP contribution >= 0.6 is 0 Å². The highest BCUT2D eigenvalue weighted by Crippen LogP contribution is 2.47. The first-order chi connectivity index (χ1) is 9.96. The highest BCUT2D eigenvalue weighted by Gasteiger charge is 2.48. The molecule has 0 heterocycles. The molecular formula is C19H38O3. The zero-order valence-electron chi connectivity index (χ0n) is 16.1. The zero-order valence-corrected chi connectivity index (χ0v) is 16.1. The molecule has 0 spiro atoms. The predicted octanol–water partition coefficient (Wildman–Crippen LogP) is 4.96. The van der Waals surface area contributed by atoms with Crippen LogP contribution in [0.3, 0.4) is 0 Å². The average molecular weight is 315 g/mol. The summed E-state index contributed by atoms with van der Waals surface area (Å²) in [6.45, 7) is 15.1. The summed E-state index contributed by atoms with van der Waals surface area (Å²) in [4.78, 5) is 12.8. The molecule has 0 saturated heterocycles. The molecule has 0 radical (unpaired) electrons. The molecule has 1 N–H and O–H groups in total. The topological polar surface area (TPSA) is 46.5 Å². The number of aliphatic hydroxyl groups excluding tert-OH is 1. The van der Waals surface area contributed by atoms with Crippen LogP contribution < -0.4 is 0 Å². The number of hydrogen-bond donors (Lipinski definition) is 1. The van der Waals surface area contributed by atoms with Gasteiger partial charge in [0.05, 0.1) is 5.41 Å². The van der Waals surface area contributed by atoms with Gasteiger partial charge in [0.1, 0.15) is 6.10 Å². The largest absolute Gasteiger partial charge is 0.462 e. The summed E-state index contributed by atoms with van der Waals surface area (Å²) in [6.07, 6.45) is 6.77. The quantitative estimate of drug-likeness (QED) is 0.749. The smallest absolute Gasteiger partial charge is 0.312 e.